The van der Waals surface area contributed by atoms with Crippen molar-refractivity contribution in [2.24, 2.45) is 10.8 Å². The van der Waals surface area contributed by atoms with Gasteiger partial charge in [-0.3, -0.25) is 9.69 Å². The average molecular weight is 383 g/mol. The lowest BCUT2D eigenvalue weighted by molar-refractivity contribution is -0.134. The molecule has 4 nitrogen and oxygen atoms in total. The Morgan fingerprint density at radius 1 is 1.29 bits per heavy atom. The molecule has 2 aliphatic rings. The van der Waals surface area contributed by atoms with Gasteiger partial charge < -0.3 is 10.1 Å². The second-order valence-electron chi connectivity index (χ2n) is 10.0. The number of terminal acetylenes is 1. The predicted molar refractivity (Wildman–Crippen MR) is 113 cm³/mol. The molecule has 1 aromatic rings. The molecule has 2 fully saturated rings. The van der Waals surface area contributed by atoms with Crippen molar-refractivity contribution in [1.82, 2.24) is 10.2 Å². The van der Waals surface area contributed by atoms with E-state index < -0.39 is 0 Å². The number of hydrogen-bond donors (Lipinski definition) is 1. The highest BCUT2D eigenvalue weighted by molar-refractivity contribution is 5.82. The normalized spacial score (nSPS) is 25.0. The van der Waals surface area contributed by atoms with Gasteiger partial charge >= 0.3 is 0 Å². The van der Waals surface area contributed by atoms with Gasteiger partial charge in [-0.2, -0.15) is 0 Å². The summed E-state index contributed by atoms with van der Waals surface area (Å²) in [5.74, 6) is 2.77. The van der Waals surface area contributed by atoms with E-state index in [0.717, 1.165) is 30.5 Å². The smallest absolute Gasteiger partial charge is 0.239 e. The van der Waals surface area contributed by atoms with Crippen LogP contribution in [0.25, 0.3) is 0 Å². The second-order valence-corrected chi connectivity index (χ2v) is 10.0. The van der Waals surface area contributed by atoms with Crippen LogP contribution in [0.2, 0.25) is 0 Å². The molecule has 1 saturated heterocycles. The first-order valence-corrected chi connectivity index (χ1v) is 10.4. The van der Waals surface area contributed by atoms with E-state index in [0.29, 0.717) is 19.8 Å². The molecule has 1 N–H and O–H groups in total. The zero-order valence-corrected chi connectivity index (χ0v) is 17.8. The number of hydrogen-bond acceptors (Lipinski definition) is 3. The van der Waals surface area contributed by atoms with Crippen molar-refractivity contribution >= 4 is 5.91 Å². The number of carbonyl (C=O) groups excluding carboxylic acids is 1. The number of morpholine rings is 1. The third-order valence-corrected chi connectivity index (χ3v) is 5.92. The maximum absolute atomic E-state index is 13.1. The van der Waals surface area contributed by atoms with Crippen LogP contribution in [0.4, 0.5) is 0 Å². The number of benzene rings is 1. The van der Waals surface area contributed by atoms with Crippen molar-refractivity contribution < 1.29 is 9.53 Å². The highest BCUT2D eigenvalue weighted by atomic mass is 16.5. The molecular weight excluding hydrogens is 348 g/mol. The van der Waals surface area contributed by atoms with Crippen LogP contribution in [0.3, 0.4) is 0 Å². The molecule has 152 valence electrons. The lowest BCUT2D eigenvalue weighted by Crippen LogP contribution is -2.56. The molecule has 1 amide bonds. The fourth-order valence-corrected chi connectivity index (χ4v) is 5.31. The fraction of sp³-hybridized carbons (Fsp3) is 0.625. The van der Waals surface area contributed by atoms with Crippen LogP contribution in [-0.2, 0) is 16.1 Å². The molecule has 0 bridgehead atoms. The fourth-order valence-electron chi connectivity index (χ4n) is 5.31. The van der Waals surface area contributed by atoms with E-state index in [-0.39, 0.29) is 28.8 Å². The van der Waals surface area contributed by atoms with Gasteiger partial charge in [-0.05, 0) is 47.8 Å². The van der Waals surface area contributed by atoms with Crippen molar-refractivity contribution in [3.05, 3.63) is 35.4 Å². The van der Waals surface area contributed by atoms with E-state index in [1.807, 2.05) is 18.2 Å². The minimum Gasteiger partial charge on any atom is -0.378 e. The average Bonchev–Trinajstić information content (AvgIpc) is 2.59. The van der Waals surface area contributed by atoms with Crippen LogP contribution in [-0.4, -0.2) is 42.6 Å². The van der Waals surface area contributed by atoms with Crippen molar-refractivity contribution in [3.8, 4) is 12.3 Å². The second kappa shape index (κ2) is 8.27. The van der Waals surface area contributed by atoms with Crippen LogP contribution in [0.1, 0.15) is 58.1 Å². The first kappa shape index (κ1) is 20.9. The van der Waals surface area contributed by atoms with E-state index >= 15 is 0 Å². The molecule has 1 aliphatic heterocycles. The summed E-state index contributed by atoms with van der Waals surface area (Å²) in [6, 6.07) is 7.97. The van der Waals surface area contributed by atoms with Crippen molar-refractivity contribution in [2.45, 2.75) is 65.6 Å². The topological polar surface area (TPSA) is 41.6 Å². The first-order valence-electron chi connectivity index (χ1n) is 10.4. The summed E-state index contributed by atoms with van der Waals surface area (Å²) < 4.78 is 5.65. The lowest BCUT2D eigenvalue weighted by Gasteiger charge is -2.45. The monoisotopic (exact) mass is 382 g/mol. The van der Waals surface area contributed by atoms with Crippen LogP contribution >= 0.6 is 0 Å². The van der Waals surface area contributed by atoms with Gasteiger partial charge in [0.05, 0.1) is 13.2 Å². The summed E-state index contributed by atoms with van der Waals surface area (Å²) in [4.78, 5) is 15.4. The standard InChI is InChI=1S/C24H34N2O2/c1-6-18-8-7-9-19(12-18)15-26-10-11-28-16-21(26)22(27)25-20-13-23(2,3)17-24(4,5)14-20/h1,7-9,12,20-21H,10-11,13-17H2,2-5H3,(H,25,27). The number of rotatable bonds is 4. The SMILES string of the molecule is C#Cc1cccc(CN2CCOCC2C(=O)NC2CC(C)(C)CC(C)(C)C2)c1. The molecule has 1 saturated carbocycles. The number of carbonyl (C=O) groups is 1. The maximum atomic E-state index is 13.1. The van der Waals surface area contributed by atoms with E-state index in [9.17, 15) is 4.79 Å². The van der Waals surface area contributed by atoms with Gasteiger partial charge in [-0.25, -0.2) is 0 Å². The quantitative estimate of drug-likeness (QED) is 0.809. The zero-order chi connectivity index (χ0) is 20.4. The number of amides is 1. The Balaban J connectivity index is 1.67. The van der Waals surface area contributed by atoms with E-state index in [1.165, 1.54) is 6.42 Å². The molecule has 0 radical (unpaired) electrons. The molecule has 28 heavy (non-hydrogen) atoms. The Morgan fingerprint density at radius 2 is 2.00 bits per heavy atom. The third kappa shape index (κ3) is 5.37. The number of nitrogens with one attached hydrogen (secondary N) is 1. The van der Waals surface area contributed by atoms with Crippen molar-refractivity contribution in [3.63, 3.8) is 0 Å². The third-order valence-electron chi connectivity index (χ3n) is 5.92. The van der Waals surface area contributed by atoms with Gasteiger partial charge in [-0.15, -0.1) is 6.42 Å². The minimum atomic E-state index is -0.253. The van der Waals surface area contributed by atoms with E-state index in [2.05, 4.69) is 49.9 Å². The molecule has 0 spiro atoms. The van der Waals surface area contributed by atoms with Crippen molar-refractivity contribution in [2.75, 3.05) is 19.8 Å². The molecule has 1 unspecified atom stereocenters. The van der Waals surface area contributed by atoms with Crippen LogP contribution < -0.4 is 5.32 Å². The minimum absolute atomic E-state index is 0.0892. The number of nitrogens with zero attached hydrogens (tertiary/aromatic N) is 1. The Hall–Kier alpha value is -1.83. The molecule has 1 aliphatic carbocycles. The van der Waals surface area contributed by atoms with E-state index in [4.69, 9.17) is 11.2 Å². The molecule has 1 aromatic carbocycles. The largest absolute Gasteiger partial charge is 0.378 e. The summed E-state index contributed by atoms with van der Waals surface area (Å²) >= 11 is 0. The Kier molecular flexibility index (Phi) is 6.17. The first-order chi connectivity index (χ1) is 13.2. The Bertz CT molecular complexity index is 731. The summed E-state index contributed by atoms with van der Waals surface area (Å²) in [6.45, 7) is 11.8. The van der Waals surface area contributed by atoms with Crippen LogP contribution in [0, 0.1) is 23.2 Å². The predicted octanol–water partition coefficient (Wildman–Crippen LogP) is 3.59. The molecule has 4 heteroatoms. The molecular formula is C24H34N2O2. The van der Waals surface area contributed by atoms with Crippen molar-refractivity contribution in [1.29, 1.82) is 0 Å². The van der Waals surface area contributed by atoms with Gasteiger partial charge in [0.2, 0.25) is 5.91 Å². The number of ether oxygens (including phenoxy) is 1. The Morgan fingerprint density at radius 3 is 2.68 bits per heavy atom. The summed E-state index contributed by atoms with van der Waals surface area (Å²) in [5, 5.41) is 3.35. The molecule has 1 heterocycles. The highest BCUT2D eigenvalue weighted by Crippen LogP contribution is 2.45. The van der Waals surface area contributed by atoms with Crippen LogP contribution in [0.5, 0.6) is 0 Å². The van der Waals surface area contributed by atoms with Gasteiger partial charge in [0.1, 0.15) is 6.04 Å². The Labute approximate surface area is 170 Å². The molecule has 3 rings (SSSR count). The van der Waals surface area contributed by atoms with E-state index in [1.54, 1.807) is 0 Å². The zero-order valence-electron chi connectivity index (χ0n) is 17.8. The highest BCUT2D eigenvalue weighted by Gasteiger charge is 2.40. The van der Waals surface area contributed by atoms with Gasteiger partial charge in [0.25, 0.3) is 0 Å². The summed E-state index contributed by atoms with van der Waals surface area (Å²) in [7, 11) is 0. The molecule has 1 atom stereocenters. The molecule has 0 aromatic heterocycles. The van der Waals surface area contributed by atoms with Crippen LogP contribution in [0.15, 0.2) is 24.3 Å². The summed E-state index contributed by atoms with van der Waals surface area (Å²) in [5.41, 5.74) is 2.50. The van der Waals surface area contributed by atoms with Gasteiger partial charge in [0, 0.05) is 24.7 Å². The maximum Gasteiger partial charge on any atom is 0.239 e. The van der Waals surface area contributed by atoms with Gasteiger partial charge in [-0.1, -0.05) is 45.7 Å². The lowest BCUT2D eigenvalue weighted by atomic mass is 9.63. The van der Waals surface area contributed by atoms with Gasteiger partial charge in [0.15, 0.2) is 0 Å². The summed E-state index contributed by atoms with van der Waals surface area (Å²) in [6.07, 6.45) is 8.77.